The molecule has 8 heteroatoms. The molecule has 0 spiro atoms. The topological polar surface area (TPSA) is 59.9 Å². The highest BCUT2D eigenvalue weighted by Gasteiger charge is 2.19. The van der Waals surface area contributed by atoms with E-state index in [0.29, 0.717) is 21.9 Å². The lowest BCUT2D eigenvalue weighted by Gasteiger charge is -2.25. The van der Waals surface area contributed by atoms with Crippen LogP contribution < -0.4 is 14.9 Å². The van der Waals surface area contributed by atoms with Crippen LogP contribution in [-0.2, 0) is 4.79 Å². The molecule has 0 unspecified atom stereocenters. The molecule has 1 aliphatic heterocycles. The Labute approximate surface area is 165 Å². The lowest BCUT2D eigenvalue weighted by Crippen LogP contribution is -2.30. The van der Waals surface area contributed by atoms with Gasteiger partial charge in [0.2, 0.25) is 0 Å². The number of nitrogens with zero attached hydrogens (tertiary/aromatic N) is 1. The molecule has 5 nitrogen and oxygen atoms in total. The summed E-state index contributed by atoms with van der Waals surface area (Å²) in [5, 5.41) is 4.75. The number of carbonyl (C=O) groups is 1. The Bertz CT molecular complexity index is 796. The van der Waals surface area contributed by atoms with Gasteiger partial charge in [-0.15, -0.1) is 0 Å². The molecule has 2 aromatic rings. The van der Waals surface area contributed by atoms with E-state index in [1.54, 1.807) is 24.4 Å². The van der Waals surface area contributed by atoms with Gasteiger partial charge >= 0.3 is 0 Å². The number of hydrogen-bond acceptors (Lipinski definition) is 5. The fourth-order valence-corrected chi connectivity index (χ4v) is 3.08. The molecule has 0 aromatic heterocycles. The number of rotatable bonds is 7. The first-order chi connectivity index (χ1) is 12.6. The molecule has 1 amide bonds. The Morgan fingerprint density at radius 1 is 1.23 bits per heavy atom. The van der Waals surface area contributed by atoms with E-state index in [4.69, 9.17) is 32.7 Å². The Morgan fingerprint density at radius 3 is 2.65 bits per heavy atom. The van der Waals surface area contributed by atoms with Crippen LogP contribution in [0, 0.1) is 0 Å². The number of amides is 1. The fraction of sp³-hybridized carbons (Fsp3) is 0.222. The maximum Gasteiger partial charge on any atom is 0.277 e. The van der Waals surface area contributed by atoms with Gasteiger partial charge in [-0.1, -0.05) is 23.2 Å². The lowest BCUT2D eigenvalue weighted by atomic mass is 10.2. The van der Waals surface area contributed by atoms with Crippen LogP contribution in [0.5, 0.6) is 11.5 Å². The third kappa shape index (κ3) is 5.56. The highest BCUT2D eigenvalue weighted by molar-refractivity contribution is 8.00. The quantitative estimate of drug-likeness (QED) is 0.553. The maximum atomic E-state index is 11.8. The van der Waals surface area contributed by atoms with Crippen molar-refractivity contribution in [3.8, 4) is 11.5 Å². The Hall–Kier alpha value is -1.89. The van der Waals surface area contributed by atoms with Gasteiger partial charge in [-0.25, -0.2) is 5.43 Å². The summed E-state index contributed by atoms with van der Waals surface area (Å²) in [4.78, 5) is 11.8. The number of ether oxygens (including phenoxy) is 2. The van der Waals surface area contributed by atoms with Gasteiger partial charge in [0, 0.05) is 16.5 Å². The third-order valence-corrected chi connectivity index (χ3v) is 5.19. The maximum absolute atomic E-state index is 11.8. The zero-order valence-electron chi connectivity index (χ0n) is 13.7. The molecule has 1 N–H and O–H groups in total. The van der Waals surface area contributed by atoms with Crippen molar-refractivity contribution in [1.82, 2.24) is 5.43 Å². The second-order valence-corrected chi connectivity index (χ2v) is 7.42. The van der Waals surface area contributed by atoms with Crippen LogP contribution in [0.2, 0.25) is 10.0 Å². The van der Waals surface area contributed by atoms with Crippen molar-refractivity contribution in [1.29, 1.82) is 0 Å². The van der Waals surface area contributed by atoms with Gasteiger partial charge in [-0.3, -0.25) is 4.79 Å². The van der Waals surface area contributed by atoms with E-state index in [9.17, 15) is 4.79 Å². The summed E-state index contributed by atoms with van der Waals surface area (Å²) in [5.41, 5.74) is 3.25. The molecule has 0 saturated carbocycles. The summed E-state index contributed by atoms with van der Waals surface area (Å²) in [6, 6.07) is 12.3. The average molecular weight is 411 g/mol. The van der Waals surface area contributed by atoms with Gasteiger partial charge in [0.25, 0.3) is 5.91 Å². The van der Waals surface area contributed by atoms with Gasteiger partial charge < -0.3 is 9.47 Å². The average Bonchev–Trinajstić information content (AvgIpc) is 2.58. The molecule has 0 radical (unpaired) electrons. The molecule has 1 saturated heterocycles. The number of carbonyl (C=O) groups excluding carboxylic acids is 1. The van der Waals surface area contributed by atoms with E-state index in [1.807, 2.05) is 36.0 Å². The van der Waals surface area contributed by atoms with Crippen LogP contribution in [0.4, 0.5) is 0 Å². The van der Waals surface area contributed by atoms with E-state index in [2.05, 4.69) is 10.5 Å². The number of halogens is 2. The molecule has 0 atom stereocenters. The molecular weight excluding hydrogens is 395 g/mol. The summed E-state index contributed by atoms with van der Waals surface area (Å²) in [6.07, 6.45) is 1.86. The molecule has 1 aliphatic rings. The molecule has 0 bridgehead atoms. The second kappa shape index (κ2) is 9.16. The SMILES string of the molecule is O=C(COc1ccc(Cl)cc1Cl)N/N=C\c1ccc(OC2CSC2)cc1. The normalized spacial score (nSPS) is 14.1. The highest BCUT2D eigenvalue weighted by atomic mass is 35.5. The molecule has 26 heavy (non-hydrogen) atoms. The molecular formula is C18H16Cl2N2O3S. The summed E-state index contributed by atoms with van der Waals surface area (Å²) in [7, 11) is 0. The number of benzene rings is 2. The predicted molar refractivity (Wildman–Crippen MR) is 106 cm³/mol. The second-order valence-electron chi connectivity index (χ2n) is 5.50. The summed E-state index contributed by atoms with van der Waals surface area (Å²) in [6.45, 7) is -0.204. The van der Waals surface area contributed by atoms with Crippen molar-refractivity contribution in [2.75, 3.05) is 18.1 Å². The summed E-state index contributed by atoms with van der Waals surface area (Å²) in [5.74, 6) is 2.91. The molecule has 1 heterocycles. The van der Waals surface area contributed by atoms with E-state index in [-0.39, 0.29) is 6.61 Å². The van der Waals surface area contributed by atoms with Crippen LogP contribution in [0.1, 0.15) is 5.56 Å². The smallest absolute Gasteiger partial charge is 0.277 e. The van der Waals surface area contributed by atoms with Crippen molar-refractivity contribution in [3.05, 3.63) is 58.1 Å². The van der Waals surface area contributed by atoms with Gasteiger partial charge in [-0.2, -0.15) is 16.9 Å². The number of nitrogens with one attached hydrogen (secondary N) is 1. The monoisotopic (exact) mass is 410 g/mol. The molecule has 0 aliphatic carbocycles. The van der Waals surface area contributed by atoms with E-state index >= 15 is 0 Å². The molecule has 2 aromatic carbocycles. The van der Waals surface area contributed by atoms with E-state index in [0.717, 1.165) is 22.8 Å². The van der Waals surface area contributed by atoms with Gasteiger partial charge in [0.15, 0.2) is 6.61 Å². The molecule has 136 valence electrons. The standard InChI is InChI=1S/C18H16Cl2N2O3S/c19-13-3-6-17(16(20)7-13)24-9-18(23)22-21-8-12-1-4-14(5-2-12)25-15-10-26-11-15/h1-8,15H,9-11H2,(H,22,23)/b21-8-. The van der Waals surface area contributed by atoms with Crippen LogP contribution in [-0.4, -0.2) is 36.3 Å². The van der Waals surface area contributed by atoms with Crippen LogP contribution >= 0.6 is 35.0 Å². The zero-order valence-corrected chi connectivity index (χ0v) is 16.0. The zero-order chi connectivity index (χ0) is 18.4. The summed E-state index contributed by atoms with van der Waals surface area (Å²) >= 11 is 13.7. The summed E-state index contributed by atoms with van der Waals surface area (Å²) < 4.78 is 11.1. The molecule has 3 rings (SSSR count). The van der Waals surface area contributed by atoms with Crippen molar-refractivity contribution in [2.45, 2.75) is 6.10 Å². The predicted octanol–water partition coefficient (Wildman–Crippen LogP) is 4.02. The van der Waals surface area contributed by atoms with Gasteiger partial charge in [0.05, 0.1) is 11.2 Å². The van der Waals surface area contributed by atoms with Crippen LogP contribution in [0.3, 0.4) is 0 Å². The van der Waals surface area contributed by atoms with Crippen LogP contribution in [0.15, 0.2) is 47.6 Å². The lowest BCUT2D eigenvalue weighted by molar-refractivity contribution is -0.123. The van der Waals surface area contributed by atoms with Gasteiger partial charge in [0.1, 0.15) is 17.6 Å². The van der Waals surface area contributed by atoms with E-state index in [1.165, 1.54) is 0 Å². The minimum Gasteiger partial charge on any atom is -0.489 e. The first-order valence-electron chi connectivity index (χ1n) is 7.84. The minimum absolute atomic E-state index is 0.204. The highest BCUT2D eigenvalue weighted by Crippen LogP contribution is 2.27. The third-order valence-electron chi connectivity index (χ3n) is 3.45. The fourth-order valence-electron chi connectivity index (χ4n) is 2.05. The van der Waals surface area contributed by atoms with Gasteiger partial charge in [-0.05, 0) is 48.0 Å². The first kappa shape index (κ1) is 18.9. The first-order valence-corrected chi connectivity index (χ1v) is 9.75. The Balaban J connectivity index is 1.43. The van der Waals surface area contributed by atoms with Crippen molar-refractivity contribution in [2.24, 2.45) is 5.10 Å². The number of hydrazone groups is 1. The van der Waals surface area contributed by atoms with Crippen molar-refractivity contribution < 1.29 is 14.3 Å². The molecule has 1 fully saturated rings. The van der Waals surface area contributed by atoms with Crippen molar-refractivity contribution in [3.63, 3.8) is 0 Å². The van der Waals surface area contributed by atoms with Crippen molar-refractivity contribution >= 4 is 47.1 Å². The van der Waals surface area contributed by atoms with Crippen LogP contribution in [0.25, 0.3) is 0 Å². The largest absolute Gasteiger partial charge is 0.489 e. The minimum atomic E-state index is -0.394. The number of thioether (sulfide) groups is 1. The Kier molecular flexibility index (Phi) is 6.66. The Morgan fingerprint density at radius 2 is 2.00 bits per heavy atom. The van der Waals surface area contributed by atoms with E-state index < -0.39 is 5.91 Å². The number of hydrogen-bond donors (Lipinski definition) is 1.